The van der Waals surface area contributed by atoms with E-state index in [0.717, 1.165) is 12.1 Å². The van der Waals surface area contributed by atoms with Crippen molar-refractivity contribution in [3.8, 4) is 0 Å². The number of rotatable bonds is 4. The predicted molar refractivity (Wildman–Crippen MR) is 69.7 cm³/mol. The highest BCUT2D eigenvalue weighted by Crippen LogP contribution is 2.22. The largest absolute Gasteiger partial charge is 0.317 e. The molecule has 0 spiro atoms. The molecule has 92 valence electrons. The molecule has 0 bridgehead atoms. The van der Waals surface area contributed by atoms with Gasteiger partial charge in [-0.1, -0.05) is 19.1 Å². The van der Waals surface area contributed by atoms with Crippen LogP contribution < -0.4 is 5.32 Å². The molecule has 1 fully saturated rings. The van der Waals surface area contributed by atoms with Gasteiger partial charge in [0, 0.05) is 12.1 Å². The zero-order valence-electron chi connectivity index (χ0n) is 10.6. The average molecular weight is 222 g/mol. The van der Waals surface area contributed by atoms with Crippen LogP contribution in [0.5, 0.6) is 0 Å². The Kier molecular flexibility index (Phi) is 4.86. The summed E-state index contributed by atoms with van der Waals surface area (Å²) in [6.45, 7) is 6.00. The second kappa shape index (κ2) is 6.41. The van der Waals surface area contributed by atoms with Crippen molar-refractivity contribution in [2.24, 2.45) is 0 Å². The number of nitrogens with one attached hydrogen (secondary N) is 1. The summed E-state index contributed by atoms with van der Waals surface area (Å²) in [5.74, 6) is 0. The van der Waals surface area contributed by atoms with Crippen molar-refractivity contribution in [2.75, 3.05) is 19.6 Å². The number of allylic oxidation sites excluding steroid dienone is 1. The van der Waals surface area contributed by atoms with Crippen LogP contribution in [0.15, 0.2) is 12.2 Å². The molecule has 1 saturated heterocycles. The lowest BCUT2D eigenvalue weighted by Gasteiger charge is -2.40. The summed E-state index contributed by atoms with van der Waals surface area (Å²) in [6.07, 6.45) is 12.9. The topological polar surface area (TPSA) is 15.3 Å². The molecule has 0 saturated carbocycles. The van der Waals surface area contributed by atoms with Crippen molar-refractivity contribution >= 4 is 0 Å². The summed E-state index contributed by atoms with van der Waals surface area (Å²) in [5, 5.41) is 3.47. The monoisotopic (exact) mass is 222 g/mol. The maximum atomic E-state index is 3.47. The second-order valence-electron chi connectivity index (χ2n) is 5.15. The number of nitrogens with zero attached hydrogens (tertiary/aromatic N) is 1. The van der Waals surface area contributed by atoms with E-state index in [-0.39, 0.29) is 0 Å². The molecule has 0 amide bonds. The molecule has 16 heavy (non-hydrogen) atoms. The Bertz CT molecular complexity index is 219. The highest BCUT2D eigenvalue weighted by Gasteiger charge is 2.25. The van der Waals surface area contributed by atoms with Crippen LogP contribution in [-0.2, 0) is 0 Å². The van der Waals surface area contributed by atoms with Crippen molar-refractivity contribution in [1.82, 2.24) is 10.2 Å². The fourth-order valence-corrected chi connectivity index (χ4v) is 3.09. The lowest BCUT2D eigenvalue weighted by Crippen LogP contribution is -2.48. The summed E-state index contributed by atoms with van der Waals surface area (Å²) in [6, 6.07) is 1.56. The van der Waals surface area contributed by atoms with Gasteiger partial charge in [-0.05, 0) is 58.2 Å². The van der Waals surface area contributed by atoms with E-state index >= 15 is 0 Å². The molecule has 1 heterocycles. The van der Waals surface area contributed by atoms with Crippen LogP contribution >= 0.6 is 0 Å². The van der Waals surface area contributed by atoms with Crippen LogP contribution in [0.25, 0.3) is 0 Å². The van der Waals surface area contributed by atoms with Crippen LogP contribution in [0, 0.1) is 0 Å². The average Bonchev–Trinajstić information content (AvgIpc) is 2.38. The maximum Gasteiger partial charge on any atom is 0.0281 e. The first-order valence-corrected chi connectivity index (χ1v) is 7.05. The van der Waals surface area contributed by atoms with Gasteiger partial charge in [-0.15, -0.1) is 0 Å². The third kappa shape index (κ3) is 3.08. The molecule has 2 heteroatoms. The molecule has 0 radical (unpaired) electrons. The molecule has 0 aromatic rings. The summed E-state index contributed by atoms with van der Waals surface area (Å²) in [5.41, 5.74) is 0. The van der Waals surface area contributed by atoms with Crippen LogP contribution in [0.4, 0.5) is 0 Å². The molecule has 1 unspecified atom stereocenters. The van der Waals surface area contributed by atoms with E-state index in [2.05, 4.69) is 29.3 Å². The fourth-order valence-electron chi connectivity index (χ4n) is 3.09. The maximum absolute atomic E-state index is 3.47. The molecule has 2 aliphatic rings. The zero-order chi connectivity index (χ0) is 11.2. The SMILES string of the molecule is CCCN(C1C=CCCC1)C1CCNCC1. The van der Waals surface area contributed by atoms with Gasteiger partial charge in [0.2, 0.25) is 0 Å². The number of hydrogen-bond acceptors (Lipinski definition) is 2. The standard InChI is InChI=1S/C14H26N2/c1-2-12-16(13-6-4-3-5-7-13)14-8-10-15-11-9-14/h4,6,13-15H,2-3,5,7-12H2,1H3. The molecule has 1 aliphatic heterocycles. The molecule has 0 aromatic heterocycles. The highest BCUT2D eigenvalue weighted by atomic mass is 15.2. The zero-order valence-corrected chi connectivity index (χ0v) is 10.6. The molecule has 2 rings (SSSR count). The highest BCUT2D eigenvalue weighted by molar-refractivity contribution is 5.00. The van der Waals surface area contributed by atoms with Crippen molar-refractivity contribution in [3.05, 3.63) is 12.2 Å². The van der Waals surface area contributed by atoms with Gasteiger partial charge in [-0.25, -0.2) is 0 Å². The Labute approximate surface area is 100 Å². The molecule has 2 nitrogen and oxygen atoms in total. The first-order valence-electron chi connectivity index (χ1n) is 7.05. The third-order valence-corrected chi connectivity index (χ3v) is 3.91. The van der Waals surface area contributed by atoms with Crippen molar-refractivity contribution in [2.45, 2.75) is 57.5 Å². The fraction of sp³-hybridized carbons (Fsp3) is 0.857. The van der Waals surface area contributed by atoms with E-state index in [1.54, 1.807) is 0 Å². The summed E-state index contributed by atoms with van der Waals surface area (Å²) >= 11 is 0. The summed E-state index contributed by atoms with van der Waals surface area (Å²) in [7, 11) is 0. The van der Waals surface area contributed by atoms with E-state index in [0.29, 0.717) is 0 Å². The van der Waals surface area contributed by atoms with Crippen molar-refractivity contribution < 1.29 is 0 Å². The van der Waals surface area contributed by atoms with E-state index in [1.165, 1.54) is 58.2 Å². The van der Waals surface area contributed by atoms with Gasteiger partial charge in [-0.3, -0.25) is 4.90 Å². The van der Waals surface area contributed by atoms with Gasteiger partial charge in [-0.2, -0.15) is 0 Å². The summed E-state index contributed by atoms with van der Waals surface area (Å²) in [4.78, 5) is 2.77. The van der Waals surface area contributed by atoms with Gasteiger partial charge in [0.05, 0.1) is 0 Å². The Hall–Kier alpha value is -0.340. The molecule has 0 aromatic carbocycles. The predicted octanol–water partition coefficient (Wildman–Crippen LogP) is 2.56. The Morgan fingerprint density at radius 1 is 1.25 bits per heavy atom. The van der Waals surface area contributed by atoms with Crippen LogP contribution in [0.1, 0.15) is 45.4 Å². The van der Waals surface area contributed by atoms with E-state index in [1.807, 2.05) is 0 Å². The number of hydrogen-bond donors (Lipinski definition) is 1. The molecule has 1 atom stereocenters. The van der Waals surface area contributed by atoms with Gasteiger partial charge in [0.25, 0.3) is 0 Å². The normalized spacial score (nSPS) is 27.5. The molecular weight excluding hydrogens is 196 g/mol. The van der Waals surface area contributed by atoms with Gasteiger partial charge in [0.15, 0.2) is 0 Å². The minimum absolute atomic E-state index is 0.733. The minimum atomic E-state index is 0.733. The Morgan fingerprint density at radius 2 is 2.06 bits per heavy atom. The van der Waals surface area contributed by atoms with E-state index < -0.39 is 0 Å². The molecule has 1 N–H and O–H groups in total. The molecule has 1 aliphatic carbocycles. The van der Waals surface area contributed by atoms with Gasteiger partial charge in [0.1, 0.15) is 0 Å². The second-order valence-corrected chi connectivity index (χ2v) is 5.15. The Morgan fingerprint density at radius 3 is 2.69 bits per heavy atom. The quantitative estimate of drug-likeness (QED) is 0.735. The van der Waals surface area contributed by atoms with E-state index in [4.69, 9.17) is 0 Å². The smallest absolute Gasteiger partial charge is 0.0281 e. The Balaban J connectivity index is 1.96. The third-order valence-electron chi connectivity index (χ3n) is 3.91. The lowest BCUT2D eigenvalue weighted by molar-refractivity contribution is 0.122. The first kappa shape index (κ1) is 12.1. The van der Waals surface area contributed by atoms with Crippen LogP contribution in [-0.4, -0.2) is 36.6 Å². The number of piperidine rings is 1. The first-order chi connectivity index (χ1) is 7.92. The van der Waals surface area contributed by atoms with E-state index in [9.17, 15) is 0 Å². The van der Waals surface area contributed by atoms with Crippen molar-refractivity contribution in [1.29, 1.82) is 0 Å². The molecular formula is C14H26N2. The van der Waals surface area contributed by atoms with Crippen LogP contribution in [0.2, 0.25) is 0 Å². The van der Waals surface area contributed by atoms with Crippen LogP contribution in [0.3, 0.4) is 0 Å². The minimum Gasteiger partial charge on any atom is -0.317 e. The van der Waals surface area contributed by atoms with Gasteiger partial charge < -0.3 is 5.32 Å². The van der Waals surface area contributed by atoms with Gasteiger partial charge >= 0.3 is 0 Å². The lowest BCUT2D eigenvalue weighted by atomic mass is 9.96. The summed E-state index contributed by atoms with van der Waals surface area (Å²) < 4.78 is 0. The van der Waals surface area contributed by atoms with Crippen molar-refractivity contribution in [3.63, 3.8) is 0 Å².